The molecule has 0 spiro atoms. The Labute approximate surface area is 176 Å². The number of aliphatic hydroxyl groups is 1. The Hall–Kier alpha value is -3.15. The first-order chi connectivity index (χ1) is 14.6. The normalized spacial score (nSPS) is 16.4. The molecule has 4 rings (SSSR count). The summed E-state index contributed by atoms with van der Waals surface area (Å²) in [6.07, 6.45) is 1.37. The van der Waals surface area contributed by atoms with Crippen molar-refractivity contribution in [3.63, 3.8) is 0 Å². The van der Waals surface area contributed by atoms with Crippen molar-refractivity contribution in [2.45, 2.75) is 25.0 Å². The van der Waals surface area contributed by atoms with E-state index in [1.807, 2.05) is 54.6 Å². The van der Waals surface area contributed by atoms with Gasteiger partial charge in [0.05, 0.1) is 11.7 Å². The van der Waals surface area contributed by atoms with Crippen LogP contribution in [-0.2, 0) is 6.42 Å². The van der Waals surface area contributed by atoms with Gasteiger partial charge >= 0.3 is 5.97 Å². The molecule has 2 unspecified atom stereocenters. The highest BCUT2D eigenvalue weighted by Gasteiger charge is 2.20. The zero-order valence-electron chi connectivity index (χ0n) is 16.6. The molecule has 1 heterocycles. The minimum absolute atomic E-state index is 0.0705. The van der Waals surface area contributed by atoms with Crippen LogP contribution >= 0.6 is 0 Å². The Balaban J connectivity index is 1.34. The number of hydrogen-bond acceptors (Lipinski definition) is 4. The van der Waals surface area contributed by atoms with Gasteiger partial charge in [-0.3, -0.25) is 0 Å². The third kappa shape index (κ3) is 4.70. The summed E-state index contributed by atoms with van der Waals surface area (Å²) in [6, 6.07) is 22.7. The topological polar surface area (TPSA) is 78.8 Å². The van der Waals surface area contributed by atoms with Crippen molar-refractivity contribution >= 4 is 5.97 Å². The summed E-state index contributed by atoms with van der Waals surface area (Å²) >= 11 is 0. The molecule has 0 radical (unpaired) electrons. The van der Waals surface area contributed by atoms with Crippen LogP contribution in [0.1, 0.15) is 34.0 Å². The molecule has 3 N–H and O–H groups in total. The predicted molar refractivity (Wildman–Crippen MR) is 116 cm³/mol. The Morgan fingerprint density at radius 3 is 2.50 bits per heavy atom. The predicted octanol–water partition coefficient (Wildman–Crippen LogP) is 4.07. The Kier molecular flexibility index (Phi) is 6.12. The van der Waals surface area contributed by atoms with Crippen LogP contribution < -0.4 is 10.1 Å². The summed E-state index contributed by atoms with van der Waals surface area (Å²) in [5.74, 6) is -0.0288. The molecule has 0 aromatic heterocycles. The van der Waals surface area contributed by atoms with E-state index in [1.54, 1.807) is 12.1 Å². The van der Waals surface area contributed by atoms with Crippen LogP contribution in [-0.4, -0.2) is 35.4 Å². The van der Waals surface area contributed by atoms with Crippen molar-refractivity contribution in [3.8, 4) is 16.9 Å². The summed E-state index contributed by atoms with van der Waals surface area (Å²) < 4.78 is 6.14. The number of aromatic carboxylic acids is 1. The summed E-state index contributed by atoms with van der Waals surface area (Å²) in [4.78, 5) is 11.0. The van der Waals surface area contributed by atoms with Gasteiger partial charge in [0.2, 0.25) is 0 Å². The molecule has 154 valence electrons. The minimum atomic E-state index is -0.920. The number of rotatable bonds is 7. The maximum Gasteiger partial charge on any atom is 0.335 e. The number of carboxylic acid groups (broad SMARTS) is 1. The Bertz CT molecular complexity index is 1000. The standard InChI is InChI=1S/C25H25NO4/c27-23(18-4-2-1-3-5-18)16-26-15-22-12-10-21-14-20(11-13-24(21)30-22)17-6-8-19(9-7-17)25(28)29/h1-9,11,13-14,22-23,26-27H,10,12,15-16H2,(H,28,29). The lowest BCUT2D eigenvalue weighted by Gasteiger charge is -2.27. The third-order valence-corrected chi connectivity index (χ3v) is 5.45. The molecule has 0 bridgehead atoms. The molecule has 3 aromatic carbocycles. The van der Waals surface area contributed by atoms with Crippen LogP contribution in [0.25, 0.3) is 11.1 Å². The van der Waals surface area contributed by atoms with E-state index >= 15 is 0 Å². The van der Waals surface area contributed by atoms with Gasteiger partial charge in [0.15, 0.2) is 0 Å². The average molecular weight is 403 g/mol. The molecule has 0 amide bonds. The fourth-order valence-electron chi connectivity index (χ4n) is 3.75. The van der Waals surface area contributed by atoms with Crippen molar-refractivity contribution in [2.75, 3.05) is 13.1 Å². The lowest BCUT2D eigenvalue weighted by molar-refractivity contribution is 0.0697. The highest BCUT2D eigenvalue weighted by Crippen LogP contribution is 2.32. The number of aliphatic hydroxyl groups excluding tert-OH is 1. The maximum atomic E-state index is 11.0. The van der Waals surface area contributed by atoms with Crippen LogP contribution in [0.5, 0.6) is 5.75 Å². The zero-order valence-corrected chi connectivity index (χ0v) is 16.6. The van der Waals surface area contributed by atoms with E-state index in [9.17, 15) is 9.90 Å². The largest absolute Gasteiger partial charge is 0.489 e. The Morgan fingerprint density at radius 1 is 1.03 bits per heavy atom. The van der Waals surface area contributed by atoms with Crippen molar-refractivity contribution < 1.29 is 19.7 Å². The lowest BCUT2D eigenvalue weighted by atomic mass is 9.96. The van der Waals surface area contributed by atoms with Gasteiger partial charge in [-0.2, -0.15) is 0 Å². The van der Waals surface area contributed by atoms with Gasteiger partial charge in [0.1, 0.15) is 11.9 Å². The van der Waals surface area contributed by atoms with Gasteiger partial charge in [0.25, 0.3) is 0 Å². The second kappa shape index (κ2) is 9.11. The number of carbonyl (C=O) groups is 1. The molecule has 0 fully saturated rings. The number of hydrogen-bond donors (Lipinski definition) is 3. The van der Waals surface area contributed by atoms with E-state index in [0.717, 1.165) is 40.8 Å². The monoisotopic (exact) mass is 403 g/mol. The molecule has 1 aliphatic rings. The second-order valence-electron chi connectivity index (χ2n) is 7.57. The molecule has 5 heteroatoms. The van der Waals surface area contributed by atoms with Crippen molar-refractivity contribution in [1.29, 1.82) is 0 Å². The number of fused-ring (bicyclic) bond motifs is 1. The van der Waals surface area contributed by atoms with Gasteiger partial charge < -0.3 is 20.3 Å². The first kappa shape index (κ1) is 20.1. The number of carboxylic acids is 1. The van der Waals surface area contributed by atoms with E-state index in [-0.39, 0.29) is 11.7 Å². The van der Waals surface area contributed by atoms with E-state index in [2.05, 4.69) is 11.4 Å². The molecule has 0 aliphatic carbocycles. The number of aryl methyl sites for hydroxylation is 1. The van der Waals surface area contributed by atoms with E-state index in [0.29, 0.717) is 13.1 Å². The molecule has 0 saturated heterocycles. The number of nitrogens with one attached hydrogen (secondary N) is 1. The minimum Gasteiger partial charge on any atom is -0.489 e. The van der Waals surface area contributed by atoms with Gasteiger partial charge in [-0.15, -0.1) is 0 Å². The quantitative estimate of drug-likeness (QED) is 0.554. The lowest BCUT2D eigenvalue weighted by Crippen LogP contribution is -2.36. The number of ether oxygens (including phenoxy) is 1. The van der Waals surface area contributed by atoms with E-state index < -0.39 is 12.1 Å². The molecule has 5 nitrogen and oxygen atoms in total. The number of benzene rings is 3. The van der Waals surface area contributed by atoms with Gasteiger partial charge in [-0.1, -0.05) is 48.5 Å². The molecule has 1 aliphatic heterocycles. The molecular weight excluding hydrogens is 378 g/mol. The van der Waals surface area contributed by atoms with Crippen molar-refractivity contribution in [3.05, 3.63) is 89.5 Å². The summed E-state index contributed by atoms with van der Waals surface area (Å²) in [7, 11) is 0. The van der Waals surface area contributed by atoms with Crippen LogP contribution in [0.15, 0.2) is 72.8 Å². The Morgan fingerprint density at radius 2 is 1.77 bits per heavy atom. The van der Waals surface area contributed by atoms with Crippen LogP contribution in [0.2, 0.25) is 0 Å². The second-order valence-corrected chi connectivity index (χ2v) is 7.57. The molecule has 3 aromatic rings. The van der Waals surface area contributed by atoms with E-state index in [1.165, 1.54) is 0 Å². The summed E-state index contributed by atoms with van der Waals surface area (Å²) in [6.45, 7) is 1.17. The maximum absolute atomic E-state index is 11.0. The van der Waals surface area contributed by atoms with Crippen LogP contribution in [0, 0.1) is 0 Å². The van der Waals surface area contributed by atoms with Gasteiger partial charge in [0, 0.05) is 13.1 Å². The molecule has 30 heavy (non-hydrogen) atoms. The van der Waals surface area contributed by atoms with Crippen molar-refractivity contribution in [1.82, 2.24) is 5.32 Å². The summed E-state index contributed by atoms with van der Waals surface area (Å²) in [5.41, 5.74) is 4.39. The smallest absolute Gasteiger partial charge is 0.335 e. The first-order valence-electron chi connectivity index (χ1n) is 10.2. The van der Waals surface area contributed by atoms with Gasteiger partial charge in [-0.05, 0) is 59.4 Å². The highest BCUT2D eigenvalue weighted by molar-refractivity contribution is 5.88. The van der Waals surface area contributed by atoms with Gasteiger partial charge in [-0.25, -0.2) is 4.79 Å². The van der Waals surface area contributed by atoms with E-state index in [4.69, 9.17) is 9.84 Å². The fraction of sp³-hybridized carbons (Fsp3) is 0.240. The van der Waals surface area contributed by atoms with Crippen molar-refractivity contribution in [2.24, 2.45) is 0 Å². The third-order valence-electron chi connectivity index (χ3n) is 5.45. The highest BCUT2D eigenvalue weighted by atomic mass is 16.5. The zero-order chi connectivity index (χ0) is 20.9. The SMILES string of the molecule is O=C(O)c1ccc(-c2ccc3c(c2)CCC(CNCC(O)c2ccccc2)O3)cc1. The first-order valence-corrected chi connectivity index (χ1v) is 10.2. The average Bonchev–Trinajstić information content (AvgIpc) is 2.79. The molecule has 0 saturated carbocycles. The molecular formula is C25H25NO4. The summed E-state index contributed by atoms with van der Waals surface area (Å²) in [5, 5.41) is 22.6. The molecule has 2 atom stereocenters. The van der Waals surface area contributed by atoms with Crippen LogP contribution in [0.3, 0.4) is 0 Å². The van der Waals surface area contributed by atoms with Crippen LogP contribution in [0.4, 0.5) is 0 Å². The fourth-order valence-corrected chi connectivity index (χ4v) is 3.75.